The average molecular weight is 280 g/mol. The zero-order chi connectivity index (χ0) is 14.4. The van der Waals surface area contributed by atoms with Crippen molar-refractivity contribution in [1.82, 2.24) is 4.31 Å². The van der Waals surface area contributed by atoms with Gasteiger partial charge >= 0.3 is 0 Å². The highest BCUT2D eigenvalue weighted by Gasteiger charge is 2.36. The van der Waals surface area contributed by atoms with Gasteiger partial charge in [0.1, 0.15) is 0 Å². The summed E-state index contributed by atoms with van der Waals surface area (Å²) in [5.74, 6) is 0.00340. The maximum Gasteiger partial charge on any atom is 0.216 e. The Hall–Kier alpha value is -0.170. The third kappa shape index (κ3) is 4.50. The number of likely N-dealkylation sites (N-methyl/N-ethyl adjacent to an activating group) is 1. The van der Waals surface area contributed by atoms with Gasteiger partial charge < -0.3 is 10.5 Å². The molecule has 0 fully saturated rings. The molecule has 0 saturated carbocycles. The molecule has 0 unspecified atom stereocenters. The fourth-order valence-electron chi connectivity index (χ4n) is 1.93. The van der Waals surface area contributed by atoms with E-state index < -0.39 is 15.6 Å². The minimum Gasteiger partial charge on any atom is -0.378 e. The second-order valence-corrected chi connectivity index (χ2v) is 6.96. The molecule has 110 valence electrons. The number of hydrogen-bond acceptors (Lipinski definition) is 4. The summed E-state index contributed by atoms with van der Waals surface area (Å²) in [7, 11) is -1.71. The van der Waals surface area contributed by atoms with Crippen molar-refractivity contribution in [1.29, 1.82) is 0 Å². The Morgan fingerprint density at radius 1 is 1.28 bits per heavy atom. The predicted octanol–water partition coefficient (Wildman–Crippen LogP) is 1.19. The van der Waals surface area contributed by atoms with Gasteiger partial charge in [0.05, 0.1) is 18.5 Å². The van der Waals surface area contributed by atoms with Gasteiger partial charge in [-0.25, -0.2) is 8.42 Å². The van der Waals surface area contributed by atoms with Crippen molar-refractivity contribution >= 4 is 10.0 Å². The molecule has 0 aliphatic rings. The normalized spacial score (nSPS) is 13.6. The Bertz CT molecular complexity index is 316. The Balaban J connectivity index is 4.77. The van der Waals surface area contributed by atoms with Crippen LogP contribution in [0.25, 0.3) is 0 Å². The Morgan fingerprint density at radius 3 is 2.11 bits per heavy atom. The summed E-state index contributed by atoms with van der Waals surface area (Å²) < 4.78 is 31.2. The minimum atomic E-state index is -3.32. The maximum atomic E-state index is 12.2. The van der Waals surface area contributed by atoms with Gasteiger partial charge in [0.15, 0.2) is 0 Å². The summed E-state index contributed by atoms with van der Waals surface area (Å²) in [5.41, 5.74) is 5.29. The third-order valence-electron chi connectivity index (χ3n) is 3.57. The molecule has 0 heterocycles. The molecule has 0 amide bonds. The molecule has 0 aromatic heterocycles. The molecule has 0 bridgehead atoms. The molecule has 6 heteroatoms. The van der Waals surface area contributed by atoms with Gasteiger partial charge in [-0.3, -0.25) is 0 Å². The van der Waals surface area contributed by atoms with Crippen LogP contribution in [0.3, 0.4) is 0 Å². The molecule has 2 N–H and O–H groups in total. The molecule has 0 aliphatic carbocycles. The molecule has 0 aliphatic heterocycles. The van der Waals surface area contributed by atoms with E-state index in [4.69, 9.17) is 10.5 Å². The first-order valence-electron chi connectivity index (χ1n) is 6.54. The fourth-order valence-corrected chi connectivity index (χ4v) is 3.44. The van der Waals surface area contributed by atoms with E-state index in [1.165, 1.54) is 4.31 Å². The zero-order valence-electron chi connectivity index (χ0n) is 12.3. The van der Waals surface area contributed by atoms with E-state index in [9.17, 15) is 8.42 Å². The largest absolute Gasteiger partial charge is 0.378 e. The lowest BCUT2D eigenvalue weighted by Gasteiger charge is -2.38. The van der Waals surface area contributed by atoms with Gasteiger partial charge in [0.2, 0.25) is 10.0 Å². The quantitative estimate of drug-likeness (QED) is 0.688. The average Bonchev–Trinajstić information content (AvgIpc) is 2.31. The monoisotopic (exact) mass is 280 g/mol. The molecule has 0 spiro atoms. The SMILES string of the molecule is CCC(CC)(CN)N(C)S(=O)(=O)CCOC(C)C. The van der Waals surface area contributed by atoms with Crippen LogP contribution in [0.2, 0.25) is 0 Å². The molecule has 0 radical (unpaired) electrons. The molecular weight excluding hydrogens is 252 g/mol. The van der Waals surface area contributed by atoms with Crippen LogP contribution in [0.5, 0.6) is 0 Å². The third-order valence-corrected chi connectivity index (χ3v) is 5.48. The van der Waals surface area contributed by atoms with E-state index >= 15 is 0 Å². The van der Waals surface area contributed by atoms with Crippen LogP contribution in [-0.2, 0) is 14.8 Å². The standard InChI is InChI=1S/C12H28N2O3S/c1-6-12(7-2,10-13)14(5)18(15,16)9-8-17-11(3)4/h11H,6-10,13H2,1-5H3. The van der Waals surface area contributed by atoms with Crippen molar-refractivity contribution in [3.8, 4) is 0 Å². The van der Waals surface area contributed by atoms with Crippen LogP contribution < -0.4 is 5.73 Å². The van der Waals surface area contributed by atoms with Crippen molar-refractivity contribution in [3.05, 3.63) is 0 Å². The van der Waals surface area contributed by atoms with Crippen LogP contribution in [-0.4, -0.2) is 50.3 Å². The lowest BCUT2D eigenvalue weighted by molar-refractivity contribution is 0.0899. The lowest BCUT2D eigenvalue weighted by atomic mass is 9.93. The van der Waals surface area contributed by atoms with Crippen molar-refractivity contribution < 1.29 is 13.2 Å². The molecule has 5 nitrogen and oxygen atoms in total. The van der Waals surface area contributed by atoms with Crippen LogP contribution in [0.15, 0.2) is 0 Å². The summed E-state index contributed by atoms with van der Waals surface area (Å²) in [5, 5.41) is 0. The number of sulfonamides is 1. The summed E-state index contributed by atoms with van der Waals surface area (Å²) in [6.45, 7) is 8.26. The number of rotatable bonds is 9. The first kappa shape index (κ1) is 17.8. The van der Waals surface area contributed by atoms with E-state index in [2.05, 4.69) is 0 Å². The van der Waals surface area contributed by atoms with Crippen molar-refractivity contribution in [2.24, 2.45) is 5.73 Å². The Morgan fingerprint density at radius 2 is 1.78 bits per heavy atom. The van der Waals surface area contributed by atoms with Crippen LogP contribution in [0.1, 0.15) is 40.5 Å². The molecule has 0 saturated heterocycles. The lowest BCUT2D eigenvalue weighted by Crippen LogP contribution is -2.54. The molecule has 0 atom stereocenters. The highest BCUT2D eigenvalue weighted by atomic mass is 32.2. The number of ether oxygens (including phenoxy) is 1. The Kier molecular flexibility index (Phi) is 7.36. The van der Waals surface area contributed by atoms with E-state index in [0.717, 1.165) is 0 Å². The van der Waals surface area contributed by atoms with E-state index in [0.29, 0.717) is 19.4 Å². The fraction of sp³-hybridized carbons (Fsp3) is 1.00. The van der Waals surface area contributed by atoms with Crippen LogP contribution >= 0.6 is 0 Å². The van der Waals surface area contributed by atoms with Gasteiger partial charge in [-0.1, -0.05) is 13.8 Å². The smallest absolute Gasteiger partial charge is 0.216 e. The van der Waals surface area contributed by atoms with Crippen LogP contribution in [0, 0.1) is 0 Å². The van der Waals surface area contributed by atoms with Gasteiger partial charge in [-0.2, -0.15) is 4.31 Å². The molecule has 18 heavy (non-hydrogen) atoms. The first-order valence-corrected chi connectivity index (χ1v) is 8.15. The summed E-state index contributed by atoms with van der Waals surface area (Å²) >= 11 is 0. The summed E-state index contributed by atoms with van der Waals surface area (Å²) in [6, 6.07) is 0. The molecular formula is C12H28N2O3S. The van der Waals surface area contributed by atoms with Crippen LogP contribution in [0.4, 0.5) is 0 Å². The Labute approximate surface area is 112 Å². The van der Waals surface area contributed by atoms with E-state index in [1.54, 1.807) is 7.05 Å². The zero-order valence-corrected chi connectivity index (χ0v) is 13.1. The van der Waals surface area contributed by atoms with Crippen molar-refractivity contribution in [2.45, 2.75) is 52.2 Å². The summed E-state index contributed by atoms with van der Waals surface area (Å²) in [6.07, 6.45) is 1.46. The van der Waals surface area contributed by atoms with E-state index in [-0.39, 0.29) is 18.5 Å². The molecule has 0 aromatic carbocycles. The minimum absolute atomic E-state index is 0.00340. The van der Waals surface area contributed by atoms with Crippen molar-refractivity contribution in [3.63, 3.8) is 0 Å². The van der Waals surface area contributed by atoms with Crippen molar-refractivity contribution in [2.75, 3.05) is 26.0 Å². The highest BCUT2D eigenvalue weighted by molar-refractivity contribution is 7.89. The maximum absolute atomic E-state index is 12.2. The highest BCUT2D eigenvalue weighted by Crippen LogP contribution is 2.24. The first-order chi connectivity index (χ1) is 8.25. The number of nitrogens with two attached hydrogens (primary N) is 1. The topological polar surface area (TPSA) is 72.6 Å². The number of nitrogens with zero attached hydrogens (tertiary/aromatic N) is 1. The van der Waals surface area contributed by atoms with Gasteiger partial charge in [-0.05, 0) is 26.7 Å². The predicted molar refractivity (Wildman–Crippen MR) is 75.0 cm³/mol. The van der Waals surface area contributed by atoms with Gasteiger partial charge in [-0.15, -0.1) is 0 Å². The van der Waals surface area contributed by atoms with Gasteiger partial charge in [0, 0.05) is 19.1 Å². The molecule has 0 rings (SSSR count). The molecule has 0 aromatic rings. The van der Waals surface area contributed by atoms with Gasteiger partial charge in [0.25, 0.3) is 0 Å². The number of hydrogen-bond donors (Lipinski definition) is 1. The second kappa shape index (κ2) is 7.43. The second-order valence-electron chi connectivity index (χ2n) is 4.84. The summed E-state index contributed by atoms with van der Waals surface area (Å²) in [4.78, 5) is 0. The van der Waals surface area contributed by atoms with E-state index in [1.807, 2.05) is 27.7 Å².